The second-order valence-electron chi connectivity index (χ2n) is 3.82. The van der Waals surface area contributed by atoms with Gasteiger partial charge in [-0.25, -0.2) is 4.98 Å². The Labute approximate surface area is 90.9 Å². The largest absolute Gasteiger partial charge is 0.366 e. The van der Waals surface area contributed by atoms with E-state index in [0.29, 0.717) is 12.0 Å². The molecule has 5 nitrogen and oxygen atoms in total. The van der Waals surface area contributed by atoms with Crippen molar-refractivity contribution < 1.29 is 0 Å². The van der Waals surface area contributed by atoms with Crippen molar-refractivity contribution in [3.63, 3.8) is 0 Å². The normalized spacial score (nSPS) is 12.6. The third kappa shape index (κ3) is 4.12. The zero-order valence-electron chi connectivity index (χ0n) is 9.78. The lowest BCUT2D eigenvalue weighted by Gasteiger charge is -2.18. The number of nitrogens with zero attached hydrogens (tertiary/aromatic N) is 3. The summed E-state index contributed by atoms with van der Waals surface area (Å²) in [6.07, 6.45) is 1.74. The van der Waals surface area contributed by atoms with Crippen molar-refractivity contribution in [2.75, 3.05) is 38.3 Å². The monoisotopic (exact) mass is 209 g/mol. The lowest BCUT2D eigenvalue weighted by Crippen LogP contribution is -2.30. The van der Waals surface area contributed by atoms with E-state index in [9.17, 15) is 0 Å². The summed E-state index contributed by atoms with van der Waals surface area (Å²) in [5, 5.41) is 6.22. The molecule has 0 aliphatic rings. The van der Waals surface area contributed by atoms with Crippen LogP contribution >= 0.6 is 0 Å². The lowest BCUT2D eigenvalue weighted by molar-refractivity contribution is 0.392. The fourth-order valence-corrected chi connectivity index (χ4v) is 1.41. The first kappa shape index (κ1) is 11.7. The molecule has 1 unspecified atom stereocenters. The summed E-state index contributed by atoms with van der Waals surface area (Å²) in [4.78, 5) is 10.5. The fourth-order valence-electron chi connectivity index (χ4n) is 1.41. The molecular weight excluding hydrogens is 190 g/mol. The van der Waals surface area contributed by atoms with E-state index in [0.717, 1.165) is 12.4 Å². The highest BCUT2D eigenvalue weighted by Gasteiger charge is 2.04. The van der Waals surface area contributed by atoms with E-state index in [4.69, 9.17) is 0 Å². The van der Waals surface area contributed by atoms with Crippen LogP contribution in [-0.4, -0.2) is 48.6 Å². The molecule has 2 N–H and O–H groups in total. The molecule has 0 aliphatic heterocycles. The number of anilines is 2. The van der Waals surface area contributed by atoms with Gasteiger partial charge in [-0.05, 0) is 27.1 Å². The molecule has 0 amide bonds. The first-order valence-corrected chi connectivity index (χ1v) is 5.04. The molecule has 1 heterocycles. The molecule has 15 heavy (non-hydrogen) atoms. The fraction of sp³-hybridized carbons (Fsp3) is 0.600. The first-order valence-electron chi connectivity index (χ1n) is 5.04. The predicted molar refractivity (Wildman–Crippen MR) is 63.2 cm³/mol. The van der Waals surface area contributed by atoms with Crippen LogP contribution in [-0.2, 0) is 0 Å². The van der Waals surface area contributed by atoms with Gasteiger partial charge in [-0.1, -0.05) is 0 Å². The van der Waals surface area contributed by atoms with Gasteiger partial charge in [0.2, 0.25) is 5.95 Å². The van der Waals surface area contributed by atoms with E-state index < -0.39 is 0 Å². The van der Waals surface area contributed by atoms with Crippen LogP contribution in [0.4, 0.5) is 11.8 Å². The van der Waals surface area contributed by atoms with Gasteiger partial charge in [0.1, 0.15) is 5.82 Å². The molecule has 5 heteroatoms. The van der Waals surface area contributed by atoms with Gasteiger partial charge in [0, 0.05) is 25.8 Å². The third-order valence-electron chi connectivity index (χ3n) is 1.91. The van der Waals surface area contributed by atoms with Gasteiger partial charge >= 0.3 is 0 Å². The minimum Gasteiger partial charge on any atom is -0.366 e. The summed E-state index contributed by atoms with van der Waals surface area (Å²) in [6, 6.07) is 2.23. The summed E-state index contributed by atoms with van der Waals surface area (Å²) in [7, 11) is 5.91. The van der Waals surface area contributed by atoms with E-state index in [-0.39, 0.29) is 0 Å². The van der Waals surface area contributed by atoms with Gasteiger partial charge < -0.3 is 15.5 Å². The maximum absolute atomic E-state index is 4.29. The average molecular weight is 209 g/mol. The molecular formula is C10H19N5. The zero-order valence-corrected chi connectivity index (χ0v) is 9.78. The highest BCUT2D eigenvalue weighted by atomic mass is 15.2. The topological polar surface area (TPSA) is 53.1 Å². The van der Waals surface area contributed by atoms with E-state index in [1.165, 1.54) is 0 Å². The molecule has 0 aromatic carbocycles. The average Bonchev–Trinajstić information content (AvgIpc) is 2.16. The van der Waals surface area contributed by atoms with Crippen LogP contribution in [0.3, 0.4) is 0 Å². The number of hydrogen-bond acceptors (Lipinski definition) is 5. The first-order chi connectivity index (χ1) is 7.11. The molecule has 84 valence electrons. The Bertz CT molecular complexity index is 300. The molecule has 1 aromatic heterocycles. The van der Waals surface area contributed by atoms with E-state index in [2.05, 4.69) is 46.5 Å². The second-order valence-corrected chi connectivity index (χ2v) is 3.82. The van der Waals surface area contributed by atoms with Gasteiger partial charge in [0.05, 0.1) is 0 Å². The molecule has 0 fully saturated rings. The van der Waals surface area contributed by atoms with E-state index in [1.807, 2.05) is 13.1 Å². The van der Waals surface area contributed by atoms with Crippen molar-refractivity contribution in [2.24, 2.45) is 0 Å². The number of hydrogen-bond donors (Lipinski definition) is 2. The summed E-state index contributed by atoms with van der Waals surface area (Å²) < 4.78 is 0. The van der Waals surface area contributed by atoms with Crippen molar-refractivity contribution in [3.05, 3.63) is 12.3 Å². The van der Waals surface area contributed by atoms with Gasteiger partial charge in [-0.2, -0.15) is 4.98 Å². The maximum atomic E-state index is 4.29. The number of nitrogens with one attached hydrogen (secondary N) is 2. The van der Waals surface area contributed by atoms with Crippen LogP contribution in [0.2, 0.25) is 0 Å². The molecule has 0 saturated carbocycles. The summed E-state index contributed by atoms with van der Waals surface area (Å²) >= 11 is 0. The van der Waals surface area contributed by atoms with Crippen molar-refractivity contribution >= 4 is 11.8 Å². The molecule has 0 radical (unpaired) electrons. The standard InChI is InChI=1S/C10H19N5/c1-8(7-15(3)4)13-9-5-6-12-10(11-2)14-9/h5-6,8H,7H2,1-4H3,(H2,11,12,13,14). The van der Waals surface area contributed by atoms with Crippen LogP contribution in [0.25, 0.3) is 0 Å². The highest BCUT2D eigenvalue weighted by molar-refractivity contribution is 5.39. The van der Waals surface area contributed by atoms with Crippen LogP contribution in [0.5, 0.6) is 0 Å². The maximum Gasteiger partial charge on any atom is 0.224 e. The Kier molecular flexibility index (Phi) is 4.30. The van der Waals surface area contributed by atoms with Gasteiger partial charge in [-0.15, -0.1) is 0 Å². The summed E-state index contributed by atoms with van der Waals surface area (Å²) in [5.41, 5.74) is 0. The Hall–Kier alpha value is -1.36. The SMILES string of the molecule is CNc1nccc(NC(C)CN(C)C)n1. The Morgan fingerprint density at radius 1 is 1.47 bits per heavy atom. The molecule has 1 atom stereocenters. The van der Waals surface area contributed by atoms with Crippen LogP contribution in [0.1, 0.15) is 6.92 Å². The number of likely N-dealkylation sites (N-methyl/N-ethyl adjacent to an activating group) is 1. The van der Waals surface area contributed by atoms with Crippen molar-refractivity contribution in [1.29, 1.82) is 0 Å². The summed E-state index contributed by atoms with van der Waals surface area (Å²) in [5.74, 6) is 1.49. The number of aromatic nitrogens is 2. The molecule has 1 rings (SSSR count). The second kappa shape index (κ2) is 5.50. The lowest BCUT2D eigenvalue weighted by atomic mass is 10.3. The van der Waals surface area contributed by atoms with Crippen LogP contribution in [0, 0.1) is 0 Å². The zero-order chi connectivity index (χ0) is 11.3. The van der Waals surface area contributed by atoms with Crippen molar-refractivity contribution in [3.8, 4) is 0 Å². The van der Waals surface area contributed by atoms with Gasteiger partial charge in [0.25, 0.3) is 0 Å². The Morgan fingerprint density at radius 2 is 2.20 bits per heavy atom. The van der Waals surface area contributed by atoms with Gasteiger partial charge in [-0.3, -0.25) is 0 Å². The summed E-state index contributed by atoms with van der Waals surface area (Å²) in [6.45, 7) is 3.10. The molecule has 0 bridgehead atoms. The third-order valence-corrected chi connectivity index (χ3v) is 1.91. The van der Waals surface area contributed by atoms with Crippen LogP contribution in [0.15, 0.2) is 12.3 Å². The number of rotatable bonds is 5. The minimum atomic E-state index is 0.361. The Morgan fingerprint density at radius 3 is 2.80 bits per heavy atom. The highest BCUT2D eigenvalue weighted by Crippen LogP contribution is 2.06. The molecule has 0 spiro atoms. The Balaban J connectivity index is 2.55. The van der Waals surface area contributed by atoms with Crippen molar-refractivity contribution in [2.45, 2.75) is 13.0 Å². The smallest absolute Gasteiger partial charge is 0.224 e. The minimum absolute atomic E-state index is 0.361. The molecule has 1 aromatic rings. The molecule has 0 aliphatic carbocycles. The predicted octanol–water partition coefficient (Wildman–Crippen LogP) is 0.880. The molecule has 0 saturated heterocycles. The van der Waals surface area contributed by atoms with Crippen molar-refractivity contribution in [1.82, 2.24) is 14.9 Å². The quantitative estimate of drug-likeness (QED) is 0.754. The van der Waals surface area contributed by atoms with Gasteiger partial charge in [0.15, 0.2) is 0 Å². The van der Waals surface area contributed by atoms with Crippen LogP contribution < -0.4 is 10.6 Å². The van der Waals surface area contributed by atoms with E-state index in [1.54, 1.807) is 6.20 Å². The van der Waals surface area contributed by atoms with E-state index >= 15 is 0 Å².